The molecule has 6 atom stereocenters. The fraction of sp³-hybridized carbons (Fsp3) is 0.586. The maximum absolute atomic E-state index is 14.0. The van der Waals surface area contributed by atoms with E-state index in [0.29, 0.717) is 24.1 Å². The standard InChI is InChI=1S/C29H34F3N5O6/c1-13(2)20(36-27(42)29(30,31)32)26(41)37-12-15-19(28(15,3)4)21(37)24(40)34-17(11-14-9-10-33-23(14)39)22(38)25-35-16-7-5-6-8-18(16)43-25/h5-8,13-15,17,19-21H,9-12H2,1-4H3,(H,33,39)(H,34,40)(H,36,42)/t14-,15?,17-,19?,20-,21?/m0/s1. The average molecular weight is 606 g/mol. The van der Waals surface area contributed by atoms with Crippen LogP contribution in [-0.2, 0) is 19.2 Å². The molecule has 3 fully saturated rings. The Morgan fingerprint density at radius 3 is 2.47 bits per heavy atom. The monoisotopic (exact) mass is 605 g/mol. The molecule has 5 rings (SSSR count). The number of carbonyl (C=O) groups is 5. The Bertz CT molecular complexity index is 1440. The van der Waals surface area contributed by atoms with E-state index >= 15 is 0 Å². The number of halogens is 3. The van der Waals surface area contributed by atoms with Gasteiger partial charge in [-0.05, 0) is 48.1 Å². The summed E-state index contributed by atoms with van der Waals surface area (Å²) in [6, 6.07) is 2.88. The van der Waals surface area contributed by atoms with E-state index in [1.807, 2.05) is 13.8 Å². The molecule has 2 aliphatic heterocycles. The number of piperidine rings is 1. The Morgan fingerprint density at radius 1 is 1.16 bits per heavy atom. The van der Waals surface area contributed by atoms with Gasteiger partial charge in [0.2, 0.25) is 23.5 Å². The van der Waals surface area contributed by atoms with Crippen LogP contribution in [-0.4, -0.2) is 76.7 Å². The van der Waals surface area contributed by atoms with Gasteiger partial charge in [-0.15, -0.1) is 0 Å². The van der Waals surface area contributed by atoms with Gasteiger partial charge >= 0.3 is 12.1 Å². The molecule has 43 heavy (non-hydrogen) atoms. The number of nitrogens with zero attached hydrogens (tertiary/aromatic N) is 2. The van der Waals surface area contributed by atoms with Crippen LogP contribution in [0.25, 0.3) is 11.1 Å². The molecular formula is C29H34F3N5O6. The van der Waals surface area contributed by atoms with Gasteiger partial charge in [0.1, 0.15) is 17.6 Å². The molecular weight excluding hydrogens is 571 g/mol. The van der Waals surface area contributed by atoms with Crippen LogP contribution in [0.1, 0.15) is 51.2 Å². The molecule has 11 nitrogen and oxygen atoms in total. The molecule has 1 aromatic heterocycles. The fourth-order valence-electron chi connectivity index (χ4n) is 6.50. The average Bonchev–Trinajstić information content (AvgIpc) is 3.45. The lowest BCUT2D eigenvalue weighted by molar-refractivity contribution is -0.175. The van der Waals surface area contributed by atoms with Crippen molar-refractivity contribution < 1.29 is 41.6 Å². The summed E-state index contributed by atoms with van der Waals surface area (Å²) >= 11 is 0. The van der Waals surface area contributed by atoms with Gasteiger partial charge in [-0.3, -0.25) is 24.0 Å². The van der Waals surface area contributed by atoms with Crippen LogP contribution in [0, 0.1) is 29.1 Å². The summed E-state index contributed by atoms with van der Waals surface area (Å²) in [5.41, 5.74) is 0.461. The van der Waals surface area contributed by atoms with Crippen molar-refractivity contribution in [2.45, 2.75) is 64.8 Å². The van der Waals surface area contributed by atoms with Crippen molar-refractivity contribution in [1.29, 1.82) is 0 Å². The second-order valence-electron chi connectivity index (χ2n) is 12.5. The fourth-order valence-corrected chi connectivity index (χ4v) is 6.50. The summed E-state index contributed by atoms with van der Waals surface area (Å²) < 4.78 is 44.8. The number of amides is 4. The molecule has 1 aromatic carbocycles. The lowest BCUT2D eigenvalue weighted by Gasteiger charge is -2.35. The van der Waals surface area contributed by atoms with Crippen molar-refractivity contribution in [1.82, 2.24) is 25.8 Å². The van der Waals surface area contributed by atoms with Crippen molar-refractivity contribution in [3.63, 3.8) is 0 Å². The molecule has 3 aliphatic rings. The van der Waals surface area contributed by atoms with Crippen LogP contribution in [0.15, 0.2) is 28.7 Å². The third kappa shape index (κ3) is 5.70. The third-order valence-electron chi connectivity index (χ3n) is 9.06. The third-order valence-corrected chi connectivity index (χ3v) is 9.06. The topological polar surface area (TPSA) is 151 Å². The summed E-state index contributed by atoms with van der Waals surface area (Å²) in [5.74, 6) is -6.59. The van der Waals surface area contributed by atoms with E-state index < -0.39 is 59.6 Å². The SMILES string of the molecule is CC(C)[C@H](NC(=O)C(F)(F)F)C(=O)N1CC2C(C1C(=O)N[C@@H](C[C@@H]1CCNC1=O)C(=O)c1nc3ccccc3o1)C2(C)C. The van der Waals surface area contributed by atoms with Crippen LogP contribution in [0.4, 0.5) is 13.2 Å². The van der Waals surface area contributed by atoms with Gasteiger partial charge in [0.05, 0.1) is 6.04 Å². The first-order valence-electron chi connectivity index (χ1n) is 14.3. The number of benzene rings is 1. The maximum Gasteiger partial charge on any atom is 0.471 e. The Kier molecular flexibility index (Phi) is 7.76. The van der Waals surface area contributed by atoms with Gasteiger partial charge in [0.15, 0.2) is 5.58 Å². The van der Waals surface area contributed by atoms with E-state index in [9.17, 15) is 37.1 Å². The van der Waals surface area contributed by atoms with Crippen LogP contribution in [0.3, 0.4) is 0 Å². The Morgan fingerprint density at radius 2 is 1.86 bits per heavy atom. The van der Waals surface area contributed by atoms with E-state index in [1.165, 1.54) is 18.7 Å². The number of hydrogen-bond donors (Lipinski definition) is 3. The number of fused-ring (bicyclic) bond motifs is 2. The lowest BCUT2D eigenvalue weighted by atomic mass is 9.94. The molecule has 0 radical (unpaired) electrons. The molecule has 3 heterocycles. The molecule has 4 amide bonds. The second kappa shape index (κ2) is 10.9. The molecule has 232 valence electrons. The zero-order valence-electron chi connectivity index (χ0n) is 24.2. The van der Waals surface area contributed by atoms with E-state index in [2.05, 4.69) is 15.6 Å². The van der Waals surface area contributed by atoms with Crippen molar-refractivity contribution in [2.75, 3.05) is 13.1 Å². The first kappa shape index (κ1) is 30.5. The number of ketones is 1. The van der Waals surface area contributed by atoms with Crippen molar-refractivity contribution in [3.05, 3.63) is 30.2 Å². The predicted octanol–water partition coefficient (Wildman–Crippen LogP) is 2.21. The number of nitrogens with one attached hydrogen (secondary N) is 3. The Labute approximate surface area is 245 Å². The van der Waals surface area contributed by atoms with Gasteiger partial charge in [-0.25, -0.2) is 4.98 Å². The van der Waals surface area contributed by atoms with Gasteiger partial charge in [-0.2, -0.15) is 13.2 Å². The summed E-state index contributed by atoms with van der Waals surface area (Å²) in [5, 5.41) is 7.23. The minimum atomic E-state index is -5.19. The van der Waals surface area contributed by atoms with Crippen LogP contribution >= 0.6 is 0 Å². The number of alkyl halides is 3. The number of hydrogen-bond acceptors (Lipinski definition) is 7. The van der Waals surface area contributed by atoms with Crippen molar-refractivity contribution in [3.8, 4) is 0 Å². The molecule has 0 spiro atoms. The highest BCUT2D eigenvalue weighted by Gasteiger charge is 2.69. The van der Waals surface area contributed by atoms with Crippen molar-refractivity contribution >= 4 is 40.5 Å². The van der Waals surface area contributed by atoms with Gasteiger partial charge in [0, 0.05) is 19.0 Å². The zero-order chi connectivity index (χ0) is 31.4. The number of aromatic nitrogens is 1. The minimum Gasteiger partial charge on any atom is -0.434 e. The van der Waals surface area contributed by atoms with Crippen molar-refractivity contribution in [2.24, 2.45) is 29.1 Å². The predicted molar refractivity (Wildman–Crippen MR) is 145 cm³/mol. The largest absolute Gasteiger partial charge is 0.471 e. The molecule has 2 saturated heterocycles. The van der Waals surface area contributed by atoms with Gasteiger partial charge in [0.25, 0.3) is 5.89 Å². The van der Waals surface area contributed by atoms with E-state index in [4.69, 9.17) is 4.42 Å². The number of carbonyl (C=O) groups excluding carboxylic acids is 5. The molecule has 1 aliphatic carbocycles. The van der Waals surface area contributed by atoms with Gasteiger partial charge in [-0.1, -0.05) is 39.8 Å². The molecule has 1 saturated carbocycles. The highest BCUT2D eigenvalue weighted by Crippen LogP contribution is 2.65. The zero-order valence-corrected chi connectivity index (χ0v) is 24.2. The highest BCUT2D eigenvalue weighted by atomic mass is 19.4. The molecule has 3 N–H and O–H groups in total. The van der Waals surface area contributed by atoms with Crippen LogP contribution in [0.2, 0.25) is 0 Å². The van der Waals surface area contributed by atoms with E-state index in [1.54, 1.807) is 29.6 Å². The Balaban J connectivity index is 1.41. The molecule has 14 heteroatoms. The minimum absolute atomic E-state index is 0.0381. The Hall–Kier alpha value is -3.97. The van der Waals surface area contributed by atoms with Crippen LogP contribution in [0.5, 0.6) is 0 Å². The number of rotatable bonds is 9. The smallest absolute Gasteiger partial charge is 0.434 e. The first-order valence-corrected chi connectivity index (χ1v) is 14.3. The van der Waals surface area contributed by atoms with Gasteiger partial charge < -0.3 is 25.3 Å². The lowest BCUT2D eigenvalue weighted by Crippen LogP contribution is -2.59. The normalized spacial score (nSPS) is 25.7. The number of likely N-dealkylation sites (tertiary alicyclic amines) is 1. The molecule has 0 bridgehead atoms. The summed E-state index contributed by atoms with van der Waals surface area (Å²) in [4.78, 5) is 70.8. The number of oxazole rings is 1. The quantitative estimate of drug-likeness (QED) is 0.371. The van der Waals surface area contributed by atoms with E-state index in [-0.39, 0.29) is 42.0 Å². The van der Waals surface area contributed by atoms with Crippen LogP contribution < -0.4 is 16.0 Å². The highest BCUT2D eigenvalue weighted by molar-refractivity contribution is 6.02. The molecule has 2 aromatic rings. The summed E-state index contributed by atoms with van der Waals surface area (Å²) in [7, 11) is 0. The number of Topliss-reactive ketones (excluding diaryl/α,β-unsaturated/α-hetero) is 1. The van der Waals surface area contributed by atoms with E-state index in [0.717, 1.165) is 0 Å². The molecule has 3 unspecified atom stereocenters. The maximum atomic E-state index is 14.0. The number of para-hydroxylation sites is 2. The summed E-state index contributed by atoms with van der Waals surface area (Å²) in [6.07, 6.45) is -4.78. The second-order valence-corrected chi connectivity index (χ2v) is 12.5. The first-order chi connectivity index (χ1) is 20.1. The summed E-state index contributed by atoms with van der Waals surface area (Å²) in [6.45, 7) is 7.38.